The normalized spacial score (nSPS) is 18.8. The summed E-state index contributed by atoms with van der Waals surface area (Å²) in [4.78, 5) is 4.70. The van der Waals surface area contributed by atoms with Crippen LogP contribution in [0.2, 0.25) is 0 Å². The van der Waals surface area contributed by atoms with Crippen LogP contribution in [0.5, 0.6) is 0 Å². The van der Waals surface area contributed by atoms with Crippen LogP contribution in [0, 0.1) is 0 Å². The van der Waals surface area contributed by atoms with Crippen molar-refractivity contribution < 1.29 is 13.7 Å². The van der Waals surface area contributed by atoms with Crippen LogP contribution in [-0.4, -0.2) is 23.3 Å². The van der Waals surface area contributed by atoms with Crippen LogP contribution >= 0.6 is 0 Å². The van der Waals surface area contributed by atoms with Gasteiger partial charge in [0.2, 0.25) is 5.89 Å². The van der Waals surface area contributed by atoms with Gasteiger partial charge in [-0.1, -0.05) is 39.0 Å². The minimum absolute atomic E-state index is 0.123. The van der Waals surface area contributed by atoms with E-state index in [0.717, 1.165) is 22.1 Å². The smallest absolute Gasteiger partial charge is 0.436 e. The highest BCUT2D eigenvalue weighted by atomic mass is 16.7. The maximum absolute atomic E-state index is 6.15. The van der Waals surface area contributed by atoms with Gasteiger partial charge in [0.05, 0.1) is 11.2 Å². The van der Waals surface area contributed by atoms with E-state index in [1.54, 1.807) is 0 Å². The Balaban J connectivity index is 1.64. The van der Waals surface area contributed by atoms with Gasteiger partial charge in [0.1, 0.15) is 5.52 Å². The molecule has 0 spiro atoms. The lowest BCUT2D eigenvalue weighted by atomic mass is 9.79. The number of hydrogen-bond acceptors (Lipinski definition) is 4. The van der Waals surface area contributed by atoms with Crippen LogP contribution in [0.15, 0.2) is 46.9 Å². The molecule has 2 aromatic carbocycles. The Bertz CT molecular complexity index is 996. The summed E-state index contributed by atoms with van der Waals surface area (Å²) >= 11 is 0. The van der Waals surface area contributed by atoms with Crippen molar-refractivity contribution in [3.8, 4) is 11.5 Å². The quantitative estimate of drug-likeness (QED) is 0.584. The number of aromatic nitrogens is 1. The van der Waals surface area contributed by atoms with Gasteiger partial charge >= 0.3 is 7.12 Å². The van der Waals surface area contributed by atoms with Crippen LogP contribution in [0.1, 0.15) is 54.0 Å². The highest BCUT2D eigenvalue weighted by molar-refractivity contribution is 6.62. The van der Waals surface area contributed by atoms with E-state index in [1.807, 2.05) is 18.2 Å². The second kappa shape index (κ2) is 6.20. The van der Waals surface area contributed by atoms with Crippen LogP contribution in [0.25, 0.3) is 22.6 Å². The molecule has 4 rings (SSSR count). The monoisotopic (exact) mass is 377 g/mol. The number of oxazole rings is 1. The first-order valence-electron chi connectivity index (χ1n) is 9.83. The maximum atomic E-state index is 6.15. The van der Waals surface area contributed by atoms with Gasteiger partial charge in [-0.3, -0.25) is 0 Å². The standard InChI is InChI=1S/C23H28BNO3/c1-21(2,3)16-10-8-15(9-11-16)20-25-18-14-17(12-13-19(18)26-20)24-27-22(4,5)23(6,7)28-24/h8-14H,1-7H3. The molecule has 0 radical (unpaired) electrons. The summed E-state index contributed by atoms with van der Waals surface area (Å²) in [7, 11) is -0.402. The molecule has 1 fully saturated rings. The zero-order valence-electron chi connectivity index (χ0n) is 17.8. The molecule has 5 heteroatoms. The highest BCUT2D eigenvalue weighted by Crippen LogP contribution is 2.36. The van der Waals surface area contributed by atoms with Gasteiger partial charge in [-0.05, 0) is 68.4 Å². The molecule has 1 saturated heterocycles. The molecule has 146 valence electrons. The van der Waals surface area contributed by atoms with Crippen LogP contribution in [-0.2, 0) is 14.7 Å². The van der Waals surface area contributed by atoms with E-state index >= 15 is 0 Å². The van der Waals surface area contributed by atoms with Gasteiger partial charge in [-0.2, -0.15) is 0 Å². The predicted molar refractivity (Wildman–Crippen MR) is 114 cm³/mol. The Kier molecular flexibility index (Phi) is 4.25. The summed E-state index contributed by atoms with van der Waals surface area (Å²) in [6.45, 7) is 14.8. The first kappa shape index (κ1) is 19.2. The largest absolute Gasteiger partial charge is 0.494 e. The molecule has 0 amide bonds. The van der Waals surface area contributed by atoms with Gasteiger partial charge in [0, 0.05) is 5.56 Å². The Morgan fingerprint density at radius 1 is 0.857 bits per heavy atom. The molecule has 2 heterocycles. The van der Waals surface area contributed by atoms with Gasteiger partial charge in [0.25, 0.3) is 0 Å². The molecule has 3 aromatic rings. The molecule has 0 saturated carbocycles. The molecule has 0 bridgehead atoms. The van der Waals surface area contributed by atoms with Gasteiger partial charge in [-0.15, -0.1) is 0 Å². The van der Waals surface area contributed by atoms with Crippen LogP contribution < -0.4 is 5.46 Å². The SMILES string of the molecule is CC(C)(C)c1ccc(-c2nc3cc(B4OC(C)(C)C(C)(C)O4)ccc3o2)cc1. The molecule has 0 unspecified atom stereocenters. The third-order valence-corrected chi connectivity index (χ3v) is 5.93. The van der Waals surface area contributed by atoms with Crippen molar-refractivity contribution >= 4 is 23.7 Å². The van der Waals surface area contributed by atoms with Gasteiger partial charge in [0.15, 0.2) is 5.58 Å². The second-order valence-corrected chi connectivity index (χ2v) is 9.66. The van der Waals surface area contributed by atoms with E-state index in [9.17, 15) is 0 Å². The summed E-state index contributed by atoms with van der Waals surface area (Å²) in [5, 5.41) is 0. The van der Waals surface area contributed by atoms with Crippen molar-refractivity contribution in [2.45, 2.75) is 65.1 Å². The zero-order chi connectivity index (χ0) is 20.3. The van der Waals surface area contributed by atoms with E-state index < -0.39 is 7.12 Å². The van der Waals surface area contributed by atoms with Gasteiger partial charge in [-0.25, -0.2) is 4.98 Å². The summed E-state index contributed by atoms with van der Waals surface area (Å²) in [5.74, 6) is 0.626. The highest BCUT2D eigenvalue weighted by Gasteiger charge is 2.51. The molecule has 4 nitrogen and oxygen atoms in total. The average molecular weight is 377 g/mol. The molecule has 0 aliphatic carbocycles. The van der Waals surface area contributed by atoms with Crippen LogP contribution in [0.3, 0.4) is 0 Å². The number of nitrogens with zero attached hydrogens (tertiary/aromatic N) is 1. The number of benzene rings is 2. The first-order chi connectivity index (χ1) is 13.0. The molecule has 28 heavy (non-hydrogen) atoms. The number of hydrogen-bond donors (Lipinski definition) is 0. The minimum atomic E-state index is -0.402. The van der Waals surface area contributed by atoms with E-state index in [4.69, 9.17) is 18.7 Å². The molecule has 1 aliphatic rings. The fourth-order valence-electron chi connectivity index (χ4n) is 3.31. The fraction of sp³-hybridized carbons (Fsp3) is 0.435. The molecule has 0 atom stereocenters. The minimum Gasteiger partial charge on any atom is -0.436 e. The summed E-state index contributed by atoms with van der Waals surface area (Å²) in [6, 6.07) is 14.3. The molecule has 0 N–H and O–H groups in total. The number of fused-ring (bicyclic) bond motifs is 1. The average Bonchev–Trinajstić information content (AvgIpc) is 3.11. The van der Waals surface area contributed by atoms with Crippen molar-refractivity contribution in [1.29, 1.82) is 0 Å². The Hall–Kier alpha value is -2.11. The molecule has 1 aromatic heterocycles. The maximum Gasteiger partial charge on any atom is 0.494 e. The van der Waals surface area contributed by atoms with E-state index in [2.05, 4.69) is 72.7 Å². The summed E-state index contributed by atoms with van der Waals surface area (Å²) in [6.07, 6.45) is 0. The summed E-state index contributed by atoms with van der Waals surface area (Å²) in [5.41, 5.74) is 4.17. The lowest BCUT2D eigenvalue weighted by Gasteiger charge is -2.32. The fourth-order valence-corrected chi connectivity index (χ4v) is 3.31. The van der Waals surface area contributed by atoms with Crippen molar-refractivity contribution in [3.05, 3.63) is 48.0 Å². The van der Waals surface area contributed by atoms with Crippen molar-refractivity contribution in [3.63, 3.8) is 0 Å². The van der Waals surface area contributed by atoms with Crippen LogP contribution in [0.4, 0.5) is 0 Å². The van der Waals surface area contributed by atoms with Crippen molar-refractivity contribution in [1.82, 2.24) is 4.98 Å². The Morgan fingerprint density at radius 3 is 2.04 bits per heavy atom. The third kappa shape index (κ3) is 3.27. The molecule has 1 aliphatic heterocycles. The Labute approximate surface area is 167 Å². The molecular formula is C23H28BNO3. The van der Waals surface area contributed by atoms with Gasteiger partial charge < -0.3 is 13.7 Å². The lowest BCUT2D eigenvalue weighted by molar-refractivity contribution is 0.00578. The van der Waals surface area contributed by atoms with E-state index in [1.165, 1.54) is 5.56 Å². The van der Waals surface area contributed by atoms with E-state index in [0.29, 0.717) is 5.89 Å². The van der Waals surface area contributed by atoms with Crippen molar-refractivity contribution in [2.24, 2.45) is 0 Å². The lowest BCUT2D eigenvalue weighted by Crippen LogP contribution is -2.41. The third-order valence-electron chi connectivity index (χ3n) is 5.93. The topological polar surface area (TPSA) is 44.5 Å². The molecular weight excluding hydrogens is 349 g/mol. The van der Waals surface area contributed by atoms with E-state index in [-0.39, 0.29) is 16.6 Å². The number of rotatable bonds is 2. The van der Waals surface area contributed by atoms with Crippen molar-refractivity contribution in [2.75, 3.05) is 0 Å². The second-order valence-electron chi connectivity index (χ2n) is 9.66. The zero-order valence-corrected chi connectivity index (χ0v) is 17.8. The first-order valence-corrected chi connectivity index (χ1v) is 9.83. The Morgan fingerprint density at radius 2 is 1.46 bits per heavy atom. The summed E-state index contributed by atoms with van der Waals surface area (Å²) < 4.78 is 18.3. The predicted octanol–water partition coefficient (Wildman–Crippen LogP) is 5.09.